The number of ether oxygens (including phenoxy) is 1. The van der Waals surface area contributed by atoms with E-state index in [2.05, 4.69) is 29.3 Å². The minimum Gasteiger partial charge on any atom is -0.476 e. The van der Waals surface area contributed by atoms with Crippen molar-refractivity contribution in [2.75, 3.05) is 6.61 Å². The molecular weight excluding hydrogens is 248 g/mol. The minimum atomic E-state index is 0.453. The molecule has 0 spiro atoms. The van der Waals surface area contributed by atoms with E-state index in [1.54, 1.807) is 0 Å². The zero-order valence-corrected chi connectivity index (χ0v) is 11.9. The number of hydrogen-bond donors (Lipinski definition) is 0. The molecule has 0 radical (unpaired) electrons. The molecular formula is C14H19ClN2O. The molecule has 1 heterocycles. The minimum absolute atomic E-state index is 0.453. The fraction of sp³-hybridized carbons (Fsp3) is 0.571. The maximum Gasteiger partial charge on any atom is 0.236 e. The van der Waals surface area contributed by atoms with Crippen LogP contribution in [0.1, 0.15) is 30.9 Å². The number of halogens is 1. The maximum atomic E-state index is 5.92. The van der Waals surface area contributed by atoms with Gasteiger partial charge in [-0.2, -0.15) is 0 Å². The summed E-state index contributed by atoms with van der Waals surface area (Å²) in [6, 6.07) is 0. The van der Waals surface area contributed by atoms with E-state index < -0.39 is 0 Å². The Balaban J connectivity index is 2.02. The molecule has 0 amide bonds. The molecule has 1 aliphatic carbocycles. The lowest BCUT2D eigenvalue weighted by Crippen LogP contribution is -2.21. The Morgan fingerprint density at radius 2 is 1.94 bits per heavy atom. The third-order valence-electron chi connectivity index (χ3n) is 3.77. The zero-order chi connectivity index (χ0) is 13.1. The summed E-state index contributed by atoms with van der Waals surface area (Å²) in [7, 11) is 0. The van der Waals surface area contributed by atoms with E-state index in [9.17, 15) is 0 Å². The molecule has 0 fully saturated rings. The van der Waals surface area contributed by atoms with Crippen LogP contribution in [-0.2, 0) is 0 Å². The molecule has 1 aliphatic rings. The van der Waals surface area contributed by atoms with Crippen LogP contribution in [0.5, 0.6) is 5.88 Å². The Morgan fingerprint density at radius 1 is 1.22 bits per heavy atom. The first-order valence-corrected chi connectivity index (χ1v) is 6.74. The van der Waals surface area contributed by atoms with Crippen molar-refractivity contribution in [1.82, 2.24) is 10.2 Å². The van der Waals surface area contributed by atoms with Gasteiger partial charge in [-0.15, -0.1) is 10.2 Å². The van der Waals surface area contributed by atoms with Crippen molar-refractivity contribution in [2.45, 2.75) is 33.6 Å². The number of allylic oxidation sites excluding steroid dienone is 2. The average molecular weight is 267 g/mol. The summed E-state index contributed by atoms with van der Waals surface area (Å²) in [5, 5.41) is 8.38. The van der Waals surface area contributed by atoms with Gasteiger partial charge >= 0.3 is 0 Å². The van der Waals surface area contributed by atoms with Crippen LogP contribution in [-0.4, -0.2) is 16.8 Å². The van der Waals surface area contributed by atoms with Gasteiger partial charge in [0.05, 0.1) is 6.61 Å². The van der Waals surface area contributed by atoms with Crippen LogP contribution in [0.3, 0.4) is 0 Å². The van der Waals surface area contributed by atoms with Gasteiger partial charge in [-0.25, -0.2) is 0 Å². The second kappa shape index (κ2) is 5.70. The fourth-order valence-electron chi connectivity index (χ4n) is 2.12. The standard InChI is InChI=1S/C14H19ClN2O/c1-9-6-4-5-7-12(9)8-18-14-11(3)10(2)13(15)16-17-14/h4-5,9,12H,6-8H2,1-3H3. The van der Waals surface area contributed by atoms with Crippen LogP contribution >= 0.6 is 11.6 Å². The van der Waals surface area contributed by atoms with E-state index in [1.165, 1.54) is 0 Å². The van der Waals surface area contributed by atoms with Gasteiger partial charge in [-0.3, -0.25) is 0 Å². The average Bonchev–Trinajstić information content (AvgIpc) is 2.37. The van der Waals surface area contributed by atoms with Gasteiger partial charge in [0.1, 0.15) is 0 Å². The number of hydrogen-bond acceptors (Lipinski definition) is 3. The molecule has 4 heteroatoms. The monoisotopic (exact) mass is 266 g/mol. The lowest BCUT2D eigenvalue weighted by molar-refractivity contribution is 0.190. The summed E-state index contributed by atoms with van der Waals surface area (Å²) >= 11 is 5.92. The predicted octanol–water partition coefficient (Wildman–Crippen LogP) is 3.73. The summed E-state index contributed by atoms with van der Waals surface area (Å²) in [4.78, 5) is 0. The van der Waals surface area contributed by atoms with Gasteiger partial charge in [0.25, 0.3) is 0 Å². The highest BCUT2D eigenvalue weighted by molar-refractivity contribution is 6.30. The van der Waals surface area contributed by atoms with Crippen LogP contribution in [0, 0.1) is 25.7 Å². The van der Waals surface area contributed by atoms with Crippen molar-refractivity contribution >= 4 is 11.6 Å². The first-order valence-electron chi connectivity index (χ1n) is 6.36. The van der Waals surface area contributed by atoms with Crippen LogP contribution in [0.2, 0.25) is 5.15 Å². The zero-order valence-electron chi connectivity index (χ0n) is 11.1. The highest BCUT2D eigenvalue weighted by Crippen LogP contribution is 2.27. The molecule has 0 bridgehead atoms. The van der Waals surface area contributed by atoms with E-state index >= 15 is 0 Å². The molecule has 1 aromatic heterocycles. The molecule has 0 aromatic carbocycles. The summed E-state index contributed by atoms with van der Waals surface area (Å²) in [6.07, 6.45) is 6.71. The maximum absolute atomic E-state index is 5.92. The summed E-state index contributed by atoms with van der Waals surface area (Å²) in [5.41, 5.74) is 1.92. The Kier molecular flexibility index (Phi) is 4.23. The van der Waals surface area contributed by atoms with Gasteiger partial charge in [0.15, 0.2) is 5.15 Å². The Bertz CT molecular complexity index is 459. The molecule has 0 N–H and O–H groups in total. The normalized spacial score (nSPS) is 23.1. The quantitative estimate of drug-likeness (QED) is 0.782. The molecule has 2 rings (SSSR count). The molecule has 0 saturated carbocycles. The summed E-state index contributed by atoms with van der Waals surface area (Å²) in [5.74, 6) is 1.84. The highest BCUT2D eigenvalue weighted by Gasteiger charge is 2.20. The highest BCUT2D eigenvalue weighted by atomic mass is 35.5. The van der Waals surface area contributed by atoms with Gasteiger partial charge in [0.2, 0.25) is 5.88 Å². The summed E-state index contributed by atoms with van der Waals surface area (Å²) in [6.45, 7) is 6.87. The Morgan fingerprint density at radius 3 is 2.67 bits per heavy atom. The number of nitrogens with zero attached hydrogens (tertiary/aromatic N) is 2. The van der Waals surface area contributed by atoms with Crippen molar-refractivity contribution in [3.8, 4) is 5.88 Å². The van der Waals surface area contributed by atoms with E-state index in [0.717, 1.165) is 24.0 Å². The molecule has 0 aliphatic heterocycles. The SMILES string of the molecule is Cc1c(Cl)nnc(OCC2CC=CCC2C)c1C. The second-order valence-electron chi connectivity index (χ2n) is 5.04. The molecule has 1 aromatic rings. The van der Waals surface area contributed by atoms with E-state index in [0.29, 0.717) is 29.5 Å². The van der Waals surface area contributed by atoms with Gasteiger partial charge in [-0.1, -0.05) is 30.7 Å². The first-order chi connectivity index (χ1) is 8.59. The third kappa shape index (κ3) is 2.83. The van der Waals surface area contributed by atoms with Crippen LogP contribution in [0.25, 0.3) is 0 Å². The smallest absolute Gasteiger partial charge is 0.236 e. The Hall–Kier alpha value is -1.09. The molecule has 2 atom stereocenters. The van der Waals surface area contributed by atoms with Crippen molar-refractivity contribution in [3.05, 3.63) is 28.4 Å². The van der Waals surface area contributed by atoms with Gasteiger partial charge in [0, 0.05) is 5.56 Å². The Labute approximate surface area is 113 Å². The largest absolute Gasteiger partial charge is 0.476 e. The molecule has 98 valence electrons. The fourth-order valence-corrected chi connectivity index (χ4v) is 2.30. The van der Waals surface area contributed by atoms with Gasteiger partial charge in [-0.05, 0) is 44.1 Å². The second-order valence-corrected chi connectivity index (χ2v) is 5.40. The third-order valence-corrected chi connectivity index (χ3v) is 4.13. The number of aromatic nitrogens is 2. The van der Waals surface area contributed by atoms with Crippen LogP contribution < -0.4 is 4.74 Å². The van der Waals surface area contributed by atoms with E-state index in [4.69, 9.17) is 16.3 Å². The predicted molar refractivity (Wildman–Crippen MR) is 73.0 cm³/mol. The van der Waals surface area contributed by atoms with Crippen molar-refractivity contribution in [3.63, 3.8) is 0 Å². The molecule has 2 unspecified atom stereocenters. The van der Waals surface area contributed by atoms with Crippen molar-refractivity contribution in [1.29, 1.82) is 0 Å². The summed E-state index contributed by atoms with van der Waals surface area (Å²) < 4.78 is 5.82. The van der Waals surface area contributed by atoms with Crippen LogP contribution in [0.15, 0.2) is 12.2 Å². The van der Waals surface area contributed by atoms with Gasteiger partial charge < -0.3 is 4.74 Å². The number of rotatable bonds is 3. The molecule has 18 heavy (non-hydrogen) atoms. The first kappa shape index (κ1) is 13.3. The molecule has 0 saturated heterocycles. The van der Waals surface area contributed by atoms with E-state index in [-0.39, 0.29) is 0 Å². The van der Waals surface area contributed by atoms with Crippen molar-refractivity contribution < 1.29 is 4.74 Å². The lowest BCUT2D eigenvalue weighted by Gasteiger charge is -2.25. The lowest BCUT2D eigenvalue weighted by atomic mass is 9.85. The van der Waals surface area contributed by atoms with E-state index in [1.807, 2.05) is 13.8 Å². The topological polar surface area (TPSA) is 35.0 Å². The van der Waals surface area contributed by atoms with Crippen LogP contribution in [0.4, 0.5) is 0 Å². The molecule has 3 nitrogen and oxygen atoms in total. The van der Waals surface area contributed by atoms with Crippen molar-refractivity contribution in [2.24, 2.45) is 11.8 Å².